The lowest BCUT2D eigenvalue weighted by atomic mass is 9.95. The van der Waals surface area contributed by atoms with Crippen molar-refractivity contribution < 1.29 is 4.79 Å². The van der Waals surface area contributed by atoms with Gasteiger partial charge in [-0.25, -0.2) is 15.0 Å². The number of rotatable bonds is 4. The van der Waals surface area contributed by atoms with E-state index in [-0.39, 0.29) is 11.8 Å². The molecule has 1 aromatic carbocycles. The molecule has 7 nitrogen and oxygen atoms in total. The van der Waals surface area contributed by atoms with Crippen LogP contribution in [0.25, 0.3) is 11.2 Å². The zero-order chi connectivity index (χ0) is 21.2. The Labute approximate surface area is 183 Å². The maximum absolute atomic E-state index is 13.2. The highest BCUT2D eigenvalue weighted by atomic mass is 16.2. The summed E-state index contributed by atoms with van der Waals surface area (Å²) in [6.07, 6.45) is 7.97. The van der Waals surface area contributed by atoms with Crippen LogP contribution in [0.4, 0.5) is 11.5 Å². The second-order valence-corrected chi connectivity index (χ2v) is 8.54. The van der Waals surface area contributed by atoms with E-state index in [2.05, 4.69) is 19.4 Å². The van der Waals surface area contributed by atoms with Gasteiger partial charge in [0.25, 0.3) is 0 Å². The van der Waals surface area contributed by atoms with E-state index < -0.39 is 0 Å². The van der Waals surface area contributed by atoms with Crippen LogP contribution in [0.15, 0.2) is 36.7 Å². The number of hydrogen-bond donors (Lipinski definition) is 0. The fourth-order valence-electron chi connectivity index (χ4n) is 4.99. The topological polar surface area (TPSA) is 67.2 Å². The monoisotopic (exact) mass is 418 g/mol. The number of imidazole rings is 1. The standard InChI is InChI=1S/C24H30N6O/c1-2-29(19-9-5-3-6-10-19)24(31)18-12-15-28(16-13-18)22-21-23(26-17-25-22)30-14-8-4-7-11-20(30)27-21/h3,5-6,9-10,17-18H,2,4,7-8,11-16H2,1H3. The van der Waals surface area contributed by atoms with Crippen molar-refractivity contribution in [2.45, 2.75) is 52.0 Å². The van der Waals surface area contributed by atoms with Gasteiger partial charge in [0.1, 0.15) is 12.2 Å². The van der Waals surface area contributed by atoms with Crippen molar-refractivity contribution in [1.29, 1.82) is 0 Å². The van der Waals surface area contributed by atoms with Crippen LogP contribution in [0.3, 0.4) is 0 Å². The maximum Gasteiger partial charge on any atom is 0.230 e. The fourth-order valence-corrected chi connectivity index (χ4v) is 4.99. The quantitative estimate of drug-likeness (QED) is 0.644. The van der Waals surface area contributed by atoms with Crippen molar-refractivity contribution in [3.05, 3.63) is 42.5 Å². The van der Waals surface area contributed by atoms with Crippen LogP contribution in [-0.2, 0) is 17.8 Å². The first-order chi connectivity index (χ1) is 15.3. The number of piperidine rings is 1. The Morgan fingerprint density at radius 1 is 1.06 bits per heavy atom. The second-order valence-electron chi connectivity index (χ2n) is 8.54. The van der Waals surface area contributed by atoms with E-state index in [1.54, 1.807) is 6.33 Å². The molecule has 1 fully saturated rings. The van der Waals surface area contributed by atoms with E-state index >= 15 is 0 Å². The molecule has 0 aliphatic carbocycles. The van der Waals surface area contributed by atoms with Gasteiger partial charge in [0.15, 0.2) is 17.0 Å². The molecule has 2 aromatic heterocycles. The summed E-state index contributed by atoms with van der Waals surface area (Å²) in [6, 6.07) is 9.98. The smallest absolute Gasteiger partial charge is 0.230 e. The molecule has 2 aliphatic heterocycles. The molecule has 1 amide bonds. The number of aromatic nitrogens is 4. The number of fused-ring (bicyclic) bond motifs is 3. The first kappa shape index (κ1) is 20.0. The highest BCUT2D eigenvalue weighted by Crippen LogP contribution is 2.30. The molecule has 4 heterocycles. The SMILES string of the molecule is CCN(C(=O)C1CCN(c2ncnc3c2nc2n3CCCCC2)CC1)c1ccccc1. The number of hydrogen-bond acceptors (Lipinski definition) is 5. The highest BCUT2D eigenvalue weighted by Gasteiger charge is 2.30. The number of amides is 1. The summed E-state index contributed by atoms with van der Waals surface area (Å²) in [6.45, 7) is 5.36. The minimum atomic E-state index is 0.0486. The molecule has 3 aromatic rings. The summed E-state index contributed by atoms with van der Waals surface area (Å²) in [5.74, 6) is 2.34. The van der Waals surface area contributed by atoms with Gasteiger partial charge in [0, 0.05) is 44.2 Å². The van der Waals surface area contributed by atoms with Crippen LogP contribution in [0.5, 0.6) is 0 Å². The van der Waals surface area contributed by atoms with Gasteiger partial charge in [0.2, 0.25) is 5.91 Å². The number of carbonyl (C=O) groups excluding carboxylic acids is 1. The number of para-hydroxylation sites is 1. The lowest BCUT2D eigenvalue weighted by Gasteiger charge is -2.34. The van der Waals surface area contributed by atoms with Crippen molar-refractivity contribution in [1.82, 2.24) is 19.5 Å². The number of carbonyl (C=O) groups is 1. The van der Waals surface area contributed by atoms with Crippen LogP contribution in [0, 0.1) is 5.92 Å². The average molecular weight is 419 g/mol. The molecule has 31 heavy (non-hydrogen) atoms. The third kappa shape index (κ3) is 3.77. The third-order valence-corrected chi connectivity index (χ3v) is 6.67. The molecule has 0 bridgehead atoms. The Balaban J connectivity index is 1.33. The number of nitrogens with zero attached hydrogens (tertiary/aromatic N) is 6. The molecule has 0 saturated carbocycles. The van der Waals surface area contributed by atoms with E-state index in [4.69, 9.17) is 4.98 Å². The molecule has 162 valence electrons. The molecule has 1 saturated heterocycles. The van der Waals surface area contributed by atoms with E-state index in [1.165, 1.54) is 19.3 Å². The summed E-state index contributed by atoms with van der Waals surface area (Å²) >= 11 is 0. The van der Waals surface area contributed by atoms with Crippen molar-refractivity contribution in [3.63, 3.8) is 0 Å². The van der Waals surface area contributed by atoms with E-state index in [1.807, 2.05) is 42.2 Å². The van der Waals surface area contributed by atoms with Crippen molar-refractivity contribution in [2.75, 3.05) is 29.4 Å². The van der Waals surface area contributed by atoms with Gasteiger partial charge in [0.05, 0.1) is 0 Å². The molecule has 0 spiro atoms. The molecule has 0 atom stereocenters. The van der Waals surface area contributed by atoms with E-state index in [0.717, 1.165) is 67.4 Å². The van der Waals surface area contributed by atoms with E-state index in [0.29, 0.717) is 6.54 Å². The molecular formula is C24H30N6O. The lowest BCUT2D eigenvalue weighted by molar-refractivity contribution is -0.122. The van der Waals surface area contributed by atoms with Gasteiger partial charge in [-0.15, -0.1) is 0 Å². The molecule has 0 radical (unpaired) electrons. The summed E-state index contributed by atoms with van der Waals surface area (Å²) in [7, 11) is 0. The Morgan fingerprint density at radius 2 is 1.87 bits per heavy atom. The predicted molar refractivity (Wildman–Crippen MR) is 122 cm³/mol. The maximum atomic E-state index is 13.2. The zero-order valence-electron chi connectivity index (χ0n) is 18.2. The molecule has 5 rings (SSSR count). The van der Waals surface area contributed by atoms with Crippen molar-refractivity contribution in [2.24, 2.45) is 5.92 Å². The Hall–Kier alpha value is -2.96. The summed E-state index contributed by atoms with van der Waals surface area (Å²) in [5, 5.41) is 0. The minimum Gasteiger partial charge on any atom is -0.355 e. The zero-order valence-corrected chi connectivity index (χ0v) is 18.2. The van der Waals surface area contributed by atoms with Gasteiger partial charge < -0.3 is 14.4 Å². The van der Waals surface area contributed by atoms with Crippen molar-refractivity contribution >= 4 is 28.6 Å². The number of benzene rings is 1. The molecule has 2 aliphatic rings. The molecule has 0 N–H and O–H groups in total. The van der Waals surface area contributed by atoms with Crippen molar-refractivity contribution in [3.8, 4) is 0 Å². The number of anilines is 2. The van der Waals surface area contributed by atoms with Gasteiger partial charge in [-0.2, -0.15) is 0 Å². The van der Waals surface area contributed by atoms with Crippen LogP contribution in [-0.4, -0.2) is 45.1 Å². The predicted octanol–water partition coefficient (Wildman–Crippen LogP) is 3.82. The first-order valence-electron chi connectivity index (χ1n) is 11.6. The van der Waals surface area contributed by atoms with Crippen LogP contribution < -0.4 is 9.80 Å². The summed E-state index contributed by atoms with van der Waals surface area (Å²) in [5.41, 5.74) is 2.86. The van der Waals surface area contributed by atoms with Crippen LogP contribution >= 0.6 is 0 Å². The van der Waals surface area contributed by atoms with Gasteiger partial charge in [-0.3, -0.25) is 4.79 Å². The van der Waals surface area contributed by atoms with Gasteiger partial charge in [-0.05, 0) is 44.7 Å². The molecule has 0 unspecified atom stereocenters. The Kier molecular flexibility index (Phi) is 5.57. The van der Waals surface area contributed by atoms with Gasteiger partial charge in [-0.1, -0.05) is 24.6 Å². The normalized spacial score (nSPS) is 17.4. The largest absolute Gasteiger partial charge is 0.355 e. The average Bonchev–Trinajstić information content (AvgIpc) is 3.01. The highest BCUT2D eigenvalue weighted by molar-refractivity contribution is 5.95. The van der Waals surface area contributed by atoms with Crippen LogP contribution in [0.2, 0.25) is 0 Å². The Bertz CT molecular complexity index is 1050. The van der Waals surface area contributed by atoms with Crippen LogP contribution in [0.1, 0.15) is 44.9 Å². The second kappa shape index (κ2) is 8.65. The molecular weight excluding hydrogens is 388 g/mol. The first-order valence-corrected chi connectivity index (χ1v) is 11.6. The summed E-state index contributed by atoms with van der Waals surface area (Å²) in [4.78, 5) is 31.5. The third-order valence-electron chi connectivity index (χ3n) is 6.67. The number of aryl methyl sites for hydroxylation is 2. The minimum absolute atomic E-state index is 0.0486. The summed E-state index contributed by atoms with van der Waals surface area (Å²) < 4.78 is 2.28. The molecule has 7 heteroatoms. The van der Waals surface area contributed by atoms with Gasteiger partial charge >= 0.3 is 0 Å². The fraction of sp³-hybridized carbons (Fsp3) is 0.500. The lowest BCUT2D eigenvalue weighted by Crippen LogP contribution is -2.43. The van der Waals surface area contributed by atoms with E-state index in [9.17, 15) is 4.79 Å². The Morgan fingerprint density at radius 3 is 2.65 bits per heavy atom.